The number of benzene rings is 2. The second-order valence-electron chi connectivity index (χ2n) is 7.15. The van der Waals surface area contributed by atoms with Crippen LogP contribution in [0.4, 0.5) is 5.69 Å². The Hall–Kier alpha value is -3.18. The van der Waals surface area contributed by atoms with Crippen molar-refractivity contribution in [2.24, 2.45) is 0 Å². The lowest BCUT2D eigenvalue weighted by Crippen LogP contribution is -2.48. The maximum absolute atomic E-state index is 13.2. The van der Waals surface area contributed by atoms with E-state index in [4.69, 9.17) is 11.6 Å². The van der Waals surface area contributed by atoms with Gasteiger partial charge in [-0.2, -0.15) is 0 Å². The van der Waals surface area contributed by atoms with Crippen molar-refractivity contribution in [2.45, 2.75) is 0 Å². The van der Waals surface area contributed by atoms with Gasteiger partial charge >= 0.3 is 0 Å². The Bertz CT molecular complexity index is 1210. The molecule has 2 aromatic carbocycles. The van der Waals surface area contributed by atoms with E-state index in [1.54, 1.807) is 6.20 Å². The van der Waals surface area contributed by atoms with Crippen molar-refractivity contribution < 1.29 is 4.79 Å². The van der Waals surface area contributed by atoms with E-state index in [1.807, 2.05) is 65.7 Å². The Morgan fingerprint density at radius 3 is 2.52 bits per heavy atom. The molecule has 2 aromatic heterocycles. The van der Waals surface area contributed by atoms with Gasteiger partial charge in [-0.25, -0.2) is 0 Å². The zero-order valence-corrected chi connectivity index (χ0v) is 16.5. The Balaban J connectivity index is 1.37. The molecule has 1 fully saturated rings. The molecule has 0 radical (unpaired) electrons. The summed E-state index contributed by atoms with van der Waals surface area (Å²) in [5, 5.41) is 2.67. The number of amides is 1. The number of piperazine rings is 1. The monoisotopic (exact) mass is 402 g/mol. The van der Waals surface area contributed by atoms with Gasteiger partial charge in [-0.1, -0.05) is 23.7 Å². The van der Waals surface area contributed by atoms with Crippen LogP contribution in [0.1, 0.15) is 10.4 Å². The molecule has 5 rings (SSSR count). The Labute approximate surface area is 173 Å². The molecule has 0 unspecified atom stereocenters. The zero-order valence-electron chi connectivity index (χ0n) is 15.8. The van der Waals surface area contributed by atoms with Crippen LogP contribution in [0.2, 0.25) is 5.02 Å². The van der Waals surface area contributed by atoms with Gasteiger partial charge in [0, 0.05) is 65.6 Å². The highest BCUT2D eigenvalue weighted by molar-refractivity contribution is 6.31. The Morgan fingerprint density at radius 1 is 0.828 bits per heavy atom. The molecule has 5 nitrogen and oxygen atoms in total. The van der Waals surface area contributed by atoms with E-state index in [0.29, 0.717) is 23.7 Å². The molecule has 3 heterocycles. The number of halogens is 1. The van der Waals surface area contributed by atoms with Crippen molar-refractivity contribution in [3.63, 3.8) is 0 Å². The van der Waals surface area contributed by atoms with Crippen LogP contribution in [-0.2, 0) is 0 Å². The molecule has 0 N–H and O–H groups in total. The van der Waals surface area contributed by atoms with Crippen LogP contribution >= 0.6 is 11.6 Å². The van der Waals surface area contributed by atoms with E-state index >= 15 is 0 Å². The summed E-state index contributed by atoms with van der Waals surface area (Å²) in [5.41, 5.74) is 3.58. The van der Waals surface area contributed by atoms with Gasteiger partial charge in [-0.05, 0) is 42.5 Å². The molecule has 0 aliphatic carbocycles. The molecule has 1 saturated heterocycles. The summed E-state index contributed by atoms with van der Waals surface area (Å²) in [7, 11) is 0. The van der Waals surface area contributed by atoms with Crippen LogP contribution in [0.3, 0.4) is 0 Å². The van der Waals surface area contributed by atoms with Gasteiger partial charge < -0.3 is 9.80 Å². The van der Waals surface area contributed by atoms with Crippen LogP contribution in [-0.4, -0.2) is 47.0 Å². The van der Waals surface area contributed by atoms with E-state index in [0.717, 1.165) is 40.6 Å². The lowest BCUT2D eigenvalue weighted by atomic mass is 10.1. The van der Waals surface area contributed by atoms with Crippen molar-refractivity contribution in [2.75, 3.05) is 31.1 Å². The molecule has 1 amide bonds. The predicted molar refractivity (Wildman–Crippen MR) is 117 cm³/mol. The molecule has 1 aliphatic rings. The average molecular weight is 403 g/mol. The fourth-order valence-electron chi connectivity index (χ4n) is 3.99. The van der Waals surface area contributed by atoms with Gasteiger partial charge in [0.25, 0.3) is 5.91 Å². The first-order valence-corrected chi connectivity index (χ1v) is 10.0. The van der Waals surface area contributed by atoms with Crippen molar-refractivity contribution >= 4 is 45.0 Å². The molecule has 0 bridgehead atoms. The van der Waals surface area contributed by atoms with E-state index < -0.39 is 0 Å². The SMILES string of the molecule is O=C(c1cccc2ncccc12)N1CCN(c2ccnc3cc(Cl)ccc23)CC1. The van der Waals surface area contributed by atoms with E-state index in [9.17, 15) is 4.79 Å². The van der Waals surface area contributed by atoms with Crippen LogP contribution in [0.15, 0.2) is 67.0 Å². The molecule has 6 heteroatoms. The predicted octanol–water partition coefficient (Wildman–Crippen LogP) is 4.40. The summed E-state index contributed by atoms with van der Waals surface area (Å²) in [5.74, 6) is 0.0645. The summed E-state index contributed by atoms with van der Waals surface area (Å²) in [6.07, 6.45) is 3.57. The molecule has 29 heavy (non-hydrogen) atoms. The highest BCUT2D eigenvalue weighted by Gasteiger charge is 2.24. The van der Waals surface area contributed by atoms with Crippen molar-refractivity contribution in [1.82, 2.24) is 14.9 Å². The molecular formula is C23H19ClN4O. The van der Waals surface area contributed by atoms with Crippen molar-refractivity contribution in [3.05, 3.63) is 77.6 Å². The third kappa shape index (κ3) is 3.28. The normalized spacial score (nSPS) is 14.5. The largest absolute Gasteiger partial charge is 0.367 e. The number of anilines is 1. The summed E-state index contributed by atoms with van der Waals surface area (Å²) in [4.78, 5) is 26.2. The van der Waals surface area contributed by atoms with Gasteiger partial charge in [0.05, 0.1) is 11.0 Å². The topological polar surface area (TPSA) is 49.3 Å². The molecule has 1 aliphatic heterocycles. The minimum atomic E-state index is 0.0645. The number of hydrogen-bond acceptors (Lipinski definition) is 4. The Morgan fingerprint density at radius 2 is 1.66 bits per heavy atom. The third-order valence-corrected chi connectivity index (χ3v) is 5.70. The lowest BCUT2D eigenvalue weighted by molar-refractivity contribution is 0.0749. The zero-order chi connectivity index (χ0) is 19.8. The second-order valence-corrected chi connectivity index (χ2v) is 7.58. The summed E-state index contributed by atoms with van der Waals surface area (Å²) < 4.78 is 0. The maximum Gasteiger partial charge on any atom is 0.254 e. The van der Waals surface area contributed by atoms with Gasteiger partial charge in [-0.3, -0.25) is 14.8 Å². The number of carbonyl (C=O) groups excluding carboxylic acids is 1. The summed E-state index contributed by atoms with van der Waals surface area (Å²) >= 11 is 6.11. The Kier molecular flexibility index (Phi) is 4.52. The summed E-state index contributed by atoms with van der Waals surface area (Å²) in [6.45, 7) is 2.90. The highest BCUT2D eigenvalue weighted by atomic mass is 35.5. The second kappa shape index (κ2) is 7.33. The van der Waals surface area contributed by atoms with E-state index in [-0.39, 0.29) is 5.91 Å². The minimum absolute atomic E-state index is 0.0645. The van der Waals surface area contributed by atoms with Gasteiger partial charge in [0.15, 0.2) is 0 Å². The smallest absolute Gasteiger partial charge is 0.254 e. The van der Waals surface area contributed by atoms with Gasteiger partial charge in [0.1, 0.15) is 0 Å². The van der Waals surface area contributed by atoms with Crippen molar-refractivity contribution in [1.29, 1.82) is 0 Å². The first-order valence-electron chi connectivity index (χ1n) is 9.63. The summed E-state index contributed by atoms with van der Waals surface area (Å²) in [6, 6.07) is 17.4. The minimum Gasteiger partial charge on any atom is -0.367 e. The van der Waals surface area contributed by atoms with Crippen LogP contribution < -0.4 is 4.90 Å². The first-order chi connectivity index (χ1) is 14.2. The van der Waals surface area contributed by atoms with Gasteiger partial charge in [-0.15, -0.1) is 0 Å². The molecule has 4 aromatic rings. The first kappa shape index (κ1) is 17.9. The highest BCUT2D eigenvalue weighted by Crippen LogP contribution is 2.28. The molecule has 0 saturated carbocycles. The van der Waals surface area contributed by atoms with Crippen LogP contribution in [0.5, 0.6) is 0 Å². The number of rotatable bonds is 2. The number of fused-ring (bicyclic) bond motifs is 2. The fraction of sp³-hybridized carbons (Fsp3) is 0.174. The quantitative estimate of drug-likeness (QED) is 0.498. The van der Waals surface area contributed by atoms with Crippen LogP contribution in [0, 0.1) is 0 Å². The third-order valence-electron chi connectivity index (χ3n) is 5.47. The van der Waals surface area contributed by atoms with E-state index in [2.05, 4.69) is 14.9 Å². The number of aromatic nitrogens is 2. The fourth-order valence-corrected chi connectivity index (χ4v) is 4.16. The van der Waals surface area contributed by atoms with E-state index in [1.165, 1.54) is 0 Å². The number of nitrogens with zero attached hydrogens (tertiary/aromatic N) is 4. The molecule has 144 valence electrons. The molecule has 0 atom stereocenters. The number of pyridine rings is 2. The molecular weight excluding hydrogens is 384 g/mol. The molecule has 0 spiro atoms. The van der Waals surface area contributed by atoms with Gasteiger partial charge in [0.2, 0.25) is 0 Å². The maximum atomic E-state index is 13.2. The standard InChI is InChI=1S/C23H19ClN4O/c24-16-6-7-19-21(15-16)26-10-8-22(19)27-11-13-28(14-12-27)23(29)18-3-1-5-20-17(18)4-2-9-25-20/h1-10,15H,11-14H2. The average Bonchev–Trinajstić information content (AvgIpc) is 2.78. The lowest BCUT2D eigenvalue weighted by Gasteiger charge is -2.36. The number of carbonyl (C=O) groups is 1. The van der Waals surface area contributed by atoms with Crippen molar-refractivity contribution in [3.8, 4) is 0 Å². The number of hydrogen-bond donors (Lipinski definition) is 0. The van der Waals surface area contributed by atoms with Crippen LogP contribution in [0.25, 0.3) is 21.8 Å².